The van der Waals surface area contributed by atoms with Crippen LogP contribution in [0.5, 0.6) is 0 Å². The van der Waals surface area contributed by atoms with Gasteiger partial charge in [-0.25, -0.2) is 4.39 Å². The van der Waals surface area contributed by atoms with Crippen molar-refractivity contribution in [2.75, 3.05) is 13.7 Å². The smallest absolute Gasteiger partial charge is 0.141 e. The van der Waals surface area contributed by atoms with Crippen LogP contribution >= 0.6 is 0 Å². The molecule has 1 N–H and O–H groups in total. The van der Waals surface area contributed by atoms with Gasteiger partial charge in [-0.15, -0.1) is 0 Å². The Morgan fingerprint density at radius 1 is 1.47 bits per heavy atom. The fourth-order valence-corrected chi connectivity index (χ4v) is 1.70. The second kappa shape index (κ2) is 7.35. The lowest BCUT2D eigenvalue weighted by Gasteiger charge is -2.21. The molecule has 0 aliphatic carbocycles. The Morgan fingerprint density at radius 2 is 2.24 bits per heavy atom. The molecule has 4 heteroatoms. The topological polar surface area (TPSA) is 34.1 Å². The van der Waals surface area contributed by atoms with Crippen molar-refractivity contribution in [1.82, 2.24) is 10.3 Å². The van der Waals surface area contributed by atoms with Gasteiger partial charge < -0.3 is 10.1 Å². The van der Waals surface area contributed by atoms with Crippen LogP contribution < -0.4 is 5.32 Å². The summed E-state index contributed by atoms with van der Waals surface area (Å²) < 4.78 is 18.4. The van der Waals surface area contributed by atoms with Crippen molar-refractivity contribution in [3.63, 3.8) is 0 Å². The number of pyridine rings is 1. The molecule has 0 aliphatic rings. The van der Waals surface area contributed by atoms with Crippen LogP contribution in [-0.4, -0.2) is 24.7 Å². The summed E-state index contributed by atoms with van der Waals surface area (Å²) in [6.07, 6.45) is 4.91. The van der Waals surface area contributed by atoms with Crippen LogP contribution in [0.3, 0.4) is 0 Å². The number of halogens is 1. The highest BCUT2D eigenvalue weighted by Crippen LogP contribution is 2.19. The quantitative estimate of drug-likeness (QED) is 0.795. The molecule has 0 saturated carbocycles. The number of nitrogens with zero attached hydrogens (tertiary/aromatic N) is 1. The van der Waals surface area contributed by atoms with Crippen LogP contribution in [-0.2, 0) is 4.74 Å². The zero-order chi connectivity index (χ0) is 12.7. The van der Waals surface area contributed by atoms with Crippen LogP contribution in [0.2, 0.25) is 0 Å². The second-order valence-electron chi connectivity index (χ2n) is 4.23. The van der Waals surface area contributed by atoms with E-state index in [0.717, 1.165) is 24.9 Å². The standard InChI is InChI=1S/C13H21FN2O/c1-4-5-16-13(6-10(2)17-3)11-7-12(14)9-15-8-11/h7-10,13,16H,4-6H2,1-3H3. The van der Waals surface area contributed by atoms with Crippen molar-refractivity contribution in [3.8, 4) is 0 Å². The molecule has 0 aliphatic heterocycles. The van der Waals surface area contributed by atoms with Crippen molar-refractivity contribution < 1.29 is 9.13 Å². The fraction of sp³-hybridized carbons (Fsp3) is 0.615. The largest absolute Gasteiger partial charge is 0.382 e. The molecule has 96 valence electrons. The molecule has 0 saturated heterocycles. The van der Waals surface area contributed by atoms with E-state index in [0.29, 0.717) is 0 Å². The Hall–Kier alpha value is -1.00. The predicted octanol–water partition coefficient (Wildman–Crippen LogP) is 2.69. The summed E-state index contributed by atoms with van der Waals surface area (Å²) >= 11 is 0. The number of hydrogen-bond donors (Lipinski definition) is 1. The zero-order valence-electron chi connectivity index (χ0n) is 10.7. The maximum Gasteiger partial charge on any atom is 0.141 e. The molecule has 1 rings (SSSR count). The molecule has 0 radical (unpaired) electrons. The molecule has 1 aromatic rings. The Balaban J connectivity index is 2.74. The van der Waals surface area contributed by atoms with E-state index in [-0.39, 0.29) is 18.0 Å². The molecule has 0 amide bonds. The van der Waals surface area contributed by atoms with Crippen LogP contribution in [0.25, 0.3) is 0 Å². The zero-order valence-corrected chi connectivity index (χ0v) is 10.7. The van der Waals surface area contributed by atoms with Crippen molar-refractivity contribution in [1.29, 1.82) is 0 Å². The SMILES string of the molecule is CCCNC(CC(C)OC)c1cncc(F)c1. The van der Waals surface area contributed by atoms with Crippen molar-refractivity contribution >= 4 is 0 Å². The Morgan fingerprint density at radius 3 is 2.82 bits per heavy atom. The van der Waals surface area contributed by atoms with Gasteiger partial charge in [0.2, 0.25) is 0 Å². The van der Waals surface area contributed by atoms with Gasteiger partial charge in [-0.2, -0.15) is 0 Å². The summed E-state index contributed by atoms with van der Waals surface area (Å²) in [5.41, 5.74) is 0.877. The van der Waals surface area contributed by atoms with Gasteiger partial charge in [0, 0.05) is 19.3 Å². The summed E-state index contributed by atoms with van der Waals surface area (Å²) in [6.45, 7) is 5.01. The Kier molecular flexibility index (Phi) is 6.08. The summed E-state index contributed by atoms with van der Waals surface area (Å²) in [5, 5.41) is 3.39. The first-order valence-electron chi connectivity index (χ1n) is 6.04. The highest BCUT2D eigenvalue weighted by Gasteiger charge is 2.15. The molecular formula is C13H21FN2O. The van der Waals surface area contributed by atoms with Gasteiger partial charge in [-0.1, -0.05) is 6.92 Å². The van der Waals surface area contributed by atoms with Gasteiger partial charge >= 0.3 is 0 Å². The molecule has 2 atom stereocenters. The maximum absolute atomic E-state index is 13.1. The molecule has 17 heavy (non-hydrogen) atoms. The summed E-state index contributed by atoms with van der Waals surface area (Å²) in [4.78, 5) is 3.89. The molecule has 0 bridgehead atoms. The monoisotopic (exact) mass is 240 g/mol. The minimum absolute atomic E-state index is 0.0908. The number of aromatic nitrogens is 1. The maximum atomic E-state index is 13.1. The van der Waals surface area contributed by atoms with Gasteiger partial charge in [0.05, 0.1) is 12.3 Å². The molecule has 1 heterocycles. The lowest BCUT2D eigenvalue weighted by atomic mass is 10.0. The van der Waals surface area contributed by atoms with E-state index in [4.69, 9.17) is 4.74 Å². The molecule has 0 aromatic carbocycles. The third kappa shape index (κ3) is 4.79. The van der Waals surface area contributed by atoms with Crippen molar-refractivity contribution in [3.05, 3.63) is 29.8 Å². The van der Waals surface area contributed by atoms with Gasteiger partial charge in [0.1, 0.15) is 5.82 Å². The van der Waals surface area contributed by atoms with E-state index in [1.165, 1.54) is 12.3 Å². The number of ether oxygens (including phenoxy) is 1. The van der Waals surface area contributed by atoms with Gasteiger partial charge in [-0.3, -0.25) is 4.98 Å². The number of nitrogens with one attached hydrogen (secondary N) is 1. The minimum atomic E-state index is -0.295. The Labute approximate surface area is 102 Å². The lowest BCUT2D eigenvalue weighted by molar-refractivity contribution is 0.100. The predicted molar refractivity (Wildman–Crippen MR) is 66.3 cm³/mol. The van der Waals surface area contributed by atoms with E-state index in [1.807, 2.05) is 6.92 Å². The van der Waals surface area contributed by atoms with Crippen LogP contribution in [0.4, 0.5) is 4.39 Å². The normalized spacial score (nSPS) is 14.6. The molecule has 1 aromatic heterocycles. The van der Waals surface area contributed by atoms with Crippen LogP contribution in [0.15, 0.2) is 18.5 Å². The molecular weight excluding hydrogens is 219 g/mol. The minimum Gasteiger partial charge on any atom is -0.382 e. The fourth-order valence-electron chi connectivity index (χ4n) is 1.70. The third-order valence-electron chi connectivity index (χ3n) is 2.74. The molecule has 2 unspecified atom stereocenters. The van der Waals surface area contributed by atoms with Crippen LogP contribution in [0.1, 0.15) is 38.3 Å². The average Bonchev–Trinajstić information content (AvgIpc) is 2.34. The first-order chi connectivity index (χ1) is 8.17. The third-order valence-corrected chi connectivity index (χ3v) is 2.74. The van der Waals surface area contributed by atoms with E-state index in [2.05, 4.69) is 17.2 Å². The molecule has 0 fully saturated rings. The van der Waals surface area contributed by atoms with E-state index in [9.17, 15) is 4.39 Å². The van der Waals surface area contributed by atoms with Gasteiger partial charge in [0.25, 0.3) is 0 Å². The highest BCUT2D eigenvalue weighted by molar-refractivity contribution is 5.15. The van der Waals surface area contributed by atoms with E-state index >= 15 is 0 Å². The first-order valence-corrected chi connectivity index (χ1v) is 6.04. The number of rotatable bonds is 7. The lowest BCUT2D eigenvalue weighted by Crippen LogP contribution is -2.26. The first kappa shape index (κ1) is 14.1. The van der Waals surface area contributed by atoms with E-state index in [1.54, 1.807) is 13.3 Å². The van der Waals surface area contributed by atoms with Gasteiger partial charge in [0.15, 0.2) is 0 Å². The summed E-state index contributed by atoms with van der Waals surface area (Å²) in [5.74, 6) is -0.295. The molecule has 3 nitrogen and oxygen atoms in total. The second-order valence-corrected chi connectivity index (χ2v) is 4.23. The van der Waals surface area contributed by atoms with Crippen LogP contribution in [0, 0.1) is 5.82 Å². The average molecular weight is 240 g/mol. The number of hydrogen-bond acceptors (Lipinski definition) is 3. The van der Waals surface area contributed by atoms with Crippen molar-refractivity contribution in [2.45, 2.75) is 38.8 Å². The van der Waals surface area contributed by atoms with Crippen molar-refractivity contribution in [2.24, 2.45) is 0 Å². The number of methoxy groups -OCH3 is 1. The highest BCUT2D eigenvalue weighted by atomic mass is 19.1. The van der Waals surface area contributed by atoms with Gasteiger partial charge in [-0.05, 0) is 37.9 Å². The van der Waals surface area contributed by atoms with E-state index < -0.39 is 0 Å². The summed E-state index contributed by atoms with van der Waals surface area (Å²) in [6, 6.07) is 1.62. The molecule has 0 spiro atoms. The summed E-state index contributed by atoms with van der Waals surface area (Å²) in [7, 11) is 1.69. The Bertz CT molecular complexity index is 333.